The summed E-state index contributed by atoms with van der Waals surface area (Å²) in [6, 6.07) is 4.22. The van der Waals surface area contributed by atoms with Crippen LogP contribution in [-0.4, -0.2) is 10.2 Å². The van der Waals surface area contributed by atoms with E-state index < -0.39 is 0 Å². The number of allylic oxidation sites excluding steroid dienone is 3. The largest absolute Gasteiger partial charge is 0.508 e. The quantitative estimate of drug-likeness (QED) is 0.629. The van der Waals surface area contributed by atoms with Gasteiger partial charge < -0.3 is 10.2 Å². The topological polar surface area (TPSA) is 40.5 Å². The molecule has 2 heteroatoms. The highest BCUT2D eigenvalue weighted by atomic mass is 16.3. The molecule has 0 amide bonds. The van der Waals surface area contributed by atoms with Gasteiger partial charge in [0.25, 0.3) is 0 Å². The second kappa shape index (κ2) is 7.92. The zero-order valence-electron chi connectivity index (χ0n) is 15.7. The zero-order chi connectivity index (χ0) is 17.7. The van der Waals surface area contributed by atoms with Crippen molar-refractivity contribution in [2.24, 2.45) is 5.41 Å². The number of aliphatic hydroxyl groups is 1. The molecule has 0 aliphatic heterocycles. The van der Waals surface area contributed by atoms with E-state index in [0.29, 0.717) is 11.5 Å². The first-order chi connectivity index (χ1) is 11.4. The highest BCUT2D eigenvalue weighted by molar-refractivity contribution is 5.44. The van der Waals surface area contributed by atoms with Crippen molar-refractivity contribution in [3.05, 3.63) is 52.3 Å². The van der Waals surface area contributed by atoms with Gasteiger partial charge in [0.05, 0.1) is 0 Å². The first-order valence-corrected chi connectivity index (χ1v) is 9.31. The second-order valence-electron chi connectivity index (χ2n) is 7.55. The van der Waals surface area contributed by atoms with Crippen LogP contribution in [0, 0.1) is 12.3 Å². The molecule has 2 rings (SSSR count). The van der Waals surface area contributed by atoms with Gasteiger partial charge in [0.2, 0.25) is 0 Å². The first kappa shape index (κ1) is 18.6. The van der Waals surface area contributed by atoms with Crippen LogP contribution in [0.25, 0.3) is 0 Å². The molecule has 1 unspecified atom stereocenters. The van der Waals surface area contributed by atoms with Gasteiger partial charge in [-0.15, -0.1) is 0 Å². The third kappa shape index (κ3) is 4.43. The maximum absolute atomic E-state index is 10.6. The lowest BCUT2D eigenvalue weighted by atomic mass is 9.75. The molecule has 1 aliphatic carbocycles. The maximum Gasteiger partial charge on any atom is 0.121 e. The standard InChI is InChI=1S/C22H32O2/c1-5-7-17-13-16(3)14-18(21(17)24)9-11-22(4)12-10-20(23)19(15-22)8-6-2/h10,13-15,23-24H,5-9,11-12H2,1-4H3. The van der Waals surface area contributed by atoms with E-state index in [9.17, 15) is 10.2 Å². The average Bonchev–Trinajstić information content (AvgIpc) is 2.53. The lowest BCUT2D eigenvalue weighted by Crippen LogP contribution is -2.18. The third-order valence-corrected chi connectivity index (χ3v) is 5.03. The Morgan fingerprint density at radius 2 is 1.62 bits per heavy atom. The van der Waals surface area contributed by atoms with E-state index in [2.05, 4.69) is 45.9 Å². The highest BCUT2D eigenvalue weighted by Gasteiger charge is 2.26. The van der Waals surface area contributed by atoms with Gasteiger partial charge in [-0.2, -0.15) is 0 Å². The van der Waals surface area contributed by atoms with Gasteiger partial charge in [0.1, 0.15) is 11.5 Å². The fourth-order valence-corrected chi connectivity index (χ4v) is 3.66. The molecular weight excluding hydrogens is 296 g/mol. The van der Waals surface area contributed by atoms with Crippen molar-refractivity contribution in [1.29, 1.82) is 0 Å². The smallest absolute Gasteiger partial charge is 0.121 e. The van der Waals surface area contributed by atoms with Crippen LogP contribution in [0.1, 0.15) is 69.6 Å². The fourth-order valence-electron chi connectivity index (χ4n) is 3.66. The third-order valence-electron chi connectivity index (χ3n) is 5.03. The van der Waals surface area contributed by atoms with E-state index in [4.69, 9.17) is 0 Å². The molecule has 0 spiro atoms. The molecule has 0 heterocycles. The van der Waals surface area contributed by atoms with Gasteiger partial charge in [-0.25, -0.2) is 0 Å². The van der Waals surface area contributed by atoms with E-state index in [0.717, 1.165) is 61.6 Å². The van der Waals surface area contributed by atoms with E-state index in [-0.39, 0.29) is 5.41 Å². The van der Waals surface area contributed by atoms with E-state index >= 15 is 0 Å². The van der Waals surface area contributed by atoms with Gasteiger partial charge in [0, 0.05) is 0 Å². The summed E-state index contributed by atoms with van der Waals surface area (Å²) in [7, 11) is 0. The molecule has 2 nitrogen and oxygen atoms in total. The Bertz CT molecular complexity index is 640. The predicted octanol–water partition coefficient (Wildman–Crippen LogP) is 6.16. The maximum atomic E-state index is 10.6. The van der Waals surface area contributed by atoms with E-state index in [1.165, 1.54) is 5.56 Å². The molecule has 0 radical (unpaired) electrons. The minimum atomic E-state index is 0.0534. The van der Waals surface area contributed by atoms with Gasteiger partial charge in [-0.1, -0.05) is 57.4 Å². The van der Waals surface area contributed by atoms with Crippen molar-refractivity contribution in [1.82, 2.24) is 0 Å². The molecule has 0 fully saturated rings. The van der Waals surface area contributed by atoms with Crippen molar-refractivity contribution in [3.8, 4) is 5.75 Å². The van der Waals surface area contributed by atoms with E-state index in [1.54, 1.807) is 0 Å². The average molecular weight is 328 g/mol. The molecule has 1 atom stereocenters. The molecule has 1 aromatic carbocycles. The first-order valence-electron chi connectivity index (χ1n) is 9.31. The molecule has 0 saturated carbocycles. The Kier molecular flexibility index (Phi) is 6.15. The predicted molar refractivity (Wildman–Crippen MR) is 102 cm³/mol. The van der Waals surface area contributed by atoms with Crippen molar-refractivity contribution >= 4 is 0 Å². The summed E-state index contributed by atoms with van der Waals surface area (Å²) < 4.78 is 0. The van der Waals surface area contributed by atoms with Crippen LogP contribution in [0.3, 0.4) is 0 Å². The van der Waals surface area contributed by atoms with Crippen molar-refractivity contribution in [2.45, 2.75) is 72.6 Å². The lowest BCUT2D eigenvalue weighted by Gasteiger charge is -2.30. The number of aliphatic hydroxyl groups excluding tert-OH is 1. The second-order valence-corrected chi connectivity index (χ2v) is 7.55. The molecule has 1 aromatic rings. The number of rotatable bonds is 7. The minimum Gasteiger partial charge on any atom is -0.508 e. The summed E-state index contributed by atoms with van der Waals surface area (Å²) >= 11 is 0. The van der Waals surface area contributed by atoms with Crippen LogP contribution in [0.4, 0.5) is 0 Å². The Labute approximate surface area is 146 Å². The van der Waals surface area contributed by atoms with Crippen molar-refractivity contribution < 1.29 is 10.2 Å². The summed E-state index contributed by atoms with van der Waals surface area (Å²) in [6.07, 6.45) is 10.9. The Hall–Kier alpha value is -1.70. The zero-order valence-corrected chi connectivity index (χ0v) is 15.7. The van der Waals surface area contributed by atoms with Crippen LogP contribution in [0.15, 0.2) is 35.6 Å². The van der Waals surface area contributed by atoms with Crippen molar-refractivity contribution in [2.75, 3.05) is 0 Å². The highest BCUT2D eigenvalue weighted by Crippen LogP contribution is 2.39. The van der Waals surface area contributed by atoms with Gasteiger partial charge >= 0.3 is 0 Å². The van der Waals surface area contributed by atoms with Crippen LogP contribution < -0.4 is 0 Å². The van der Waals surface area contributed by atoms with Gasteiger partial charge in [0.15, 0.2) is 0 Å². The molecular formula is C22H32O2. The molecule has 2 N–H and O–H groups in total. The lowest BCUT2D eigenvalue weighted by molar-refractivity contribution is 0.349. The summed E-state index contributed by atoms with van der Waals surface area (Å²) in [5, 5.41) is 20.6. The van der Waals surface area contributed by atoms with Gasteiger partial charge in [-0.3, -0.25) is 0 Å². The molecule has 0 saturated heterocycles. The van der Waals surface area contributed by atoms with Crippen LogP contribution >= 0.6 is 0 Å². The number of aromatic hydroxyl groups is 1. The summed E-state index contributed by atoms with van der Waals surface area (Å²) in [4.78, 5) is 0. The number of aryl methyl sites for hydroxylation is 3. The summed E-state index contributed by atoms with van der Waals surface area (Å²) in [5.74, 6) is 0.941. The number of hydrogen-bond acceptors (Lipinski definition) is 2. The monoisotopic (exact) mass is 328 g/mol. The van der Waals surface area contributed by atoms with Crippen LogP contribution in [0.2, 0.25) is 0 Å². The number of hydrogen-bond donors (Lipinski definition) is 2. The fraction of sp³-hybridized carbons (Fsp3) is 0.545. The SMILES string of the molecule is CCCC1=CC(C)(CCc2cc(C)cc(CCC)c2O)CC=C1O. The number of phenolic OH excluding ortho intramolecular Hbond substituents is 1. The number of benzene rings is 1. The molecule has 1 aliphatic rings. The minimum absolute atomic E-state index is 0.0534. The van der Waals surface area contributed by atoms with Crippen molar-refractivity contribution in [3.63, 3.8) is 0 Å². The molecule has 0 aromatic heterocycles. The molecule has 24 heavy (non-hydrogen) atoms. The summed E-state index contributed by atoms with van der Waals surface area (Å²) in [6.45, 7) is 8.64. The van der Waals surface area contributed by atoms with Crippen LogP contribution in [0.5, 0.6) is 5.75 Å². The van der Waals surface area contributed by atoms with Crippen LogP contribution in [-0.2, 0) is 12.8 Å². The number of phenols is 1. The Morgan fingerprint density at radius 1 is 1.00 bits per heavy atom. The molecule has 132 valence electrons. The van der Waals surface area contributed by atoms with Gasteiger partial charge in [-0.05, 0) is 67.2 Å². The van der Waals surface area contributed by atoms with E-state index in [1.807, 2.05) is 6.08 Å². The normalized spacial score (nSPS) is 20.7. The Morgan fingerprint density at radius 3 is 2.25 bits per heavy atom. The Balaban J connectivity index is 2.16. The molecule has 0 bridgehead atoms. The summed E-state index contributed by atoms with van der Waals surface area (Å²) in [5.41, 5.74) is 4.48.